The third kappa shape index (κ3) is 1.87. The second-order valence-electron chi connectivity index (χ2n) is 4.93. The van der Waals surface area contributed by atoms with E-state index in [4.69, 9.17) is 0 Å². The van der Waals surface area contributed by atoms with E-state index in [0.29, 0.717) is 0 Å². The second-order valence-corrected chi connectivity index (χ2v) is 4.93. The van der Waals surface area contributed by atoms with Gasteiger partial charge in [0.2, 0.25) is 0 Å². The lowest BCUT2D eigenvalue weighted by atomic mass is 10.0. The molecule has 1 atom stereocenters. The van der Waals surface area contributed by atoms with Gasteiger partial charge in [-0.1, -0.05) is 6.07 Å². The van der Waals surface area contributed by atoms with Crippen molar-refractivity contribution in [3.05, 3.63) is 48.7 Å². The number of hydrogen-bond donors (Lipinski definition) is 1. The van der Waals surface area contributed by atoms with Gasteiger partial charge in [0.15, 0.2) is 0 Å². The first-order valence-corrected chi connectivity index (χ1v) is 6.38. The number of hydrogen-bond acceptors (Lipinski definition) is 2. The van der Waals surface area contributed by atoms with Crippen LogP contribution in [0, 0.1) is 0 Å². The van der Waals surface area contributed by atoms with Gasteiger partial charge in [-0.3, -0.25) is 4.79 Å². The zero-order valence-electron chi connectivity index (χ0n) is 11.3. The SMILES string of the molecule is CC(C(=O)O)c1cn(C)c2cc(-n3ccnc3)ccc12. The quantitative estimate of drug-likeness (QED) is 0.795. The highest BCUT2D eigenvalue weighted by molar-refractivity contribution is 5.90. The molecule has 0 spiro atoms. The van der Waals surface area contributed by atoms with E-state index in [1.807, 2.05) is 46.8 Å². The van der Waals surface area contributed by atoms with Crippen LogP contribution in [0.5, 0.6) is 0 Å². The number of carboxylic acids is 1. The first-order valence-electron chi connectivity index (χ1n) is 6.38. The molecule has 1 N–H and O–H groups in total. The number of carbonyl (C=O) groups is 1. The summed E-state index contributed by atoms with van der Waals surface area (Å²) in [6.45, 7) is 1.71. The Balaban J connectivity index is 2.17. The van der Waals surface area contributed by atoms with E-state index in [2.05, 4.69) is 4.98 Å². The standard InChI is InChI=1S/C15H15N3O2/c1-10(15(19)20)13-8-17(2)14-7-11(3-4-12(13)14)18-6-5-16-9-18/h3-10H,1-2H3,(H,19,20). The molecule has 2 heterocycles. The number of rotatable bonds is 3. The summed E-state index contributed by atoms with van der Waals surface area (Å²) in [5, 5.41) is 10.2. The minimum atomic E-state index is -0.809. The zero-order chi connectivity index (χ0) is 14.3. The van der Waals surface area contributed by atoms with Gasteiger partial charge in [-0.15, -0.1) is 0 Å². The first-order chi connectivity index (χ1) is 9.58. The van der Waals surface area contributed by atoms with E-state index < -0.39 is 11.9 Å². The number of nitrogens with zero attached hydrogens (tertiary/aromatic N) is 3. The highest BCUT2D eigenvalue weighted by Crippen LogP contribution is 2.29. The minimum Gasteiger partial charge on any atom is -0.481 e. The Bertz CT molecular complexity index is 772. The molecule has 1 aromatic carbocycles. The summed E-state index contributed by atoms with van der Waals surface area (Å²) in [5.74, 6) is -1.33. The molecular weight excluding hydrogens is 254 g/mol. The van der Waals surface area contributed by atoms with E-state index >= 15 is 0 Å². The van der Waals surface area contributed by atoms with Crippen LogP contribution in [0.4, 0.5) is 0 Å². The van der Waals surface area contributed by atoms with Crippen LogP contribution in [0.1, 0.15) is 18.4 Å². The predicted molar refractivity (Wildman–Crippen MR) is 76.1 cm³/mol. The highest BCUT2D eigenvalue weighted by Gasteiger charge is 2.19. The zero-order valence-corrected chi connectivity index (χ0v) is 11.3. The predicted octanol–water partition coefficient (Wildman–Crippen LogP) is 2.55. The van der Waals surface area contributed by atoms with E-state index in [-0.39, 0.29) is 0 Å². The molecule has 102 valence electrons. The molecular formula is C15H15N3O2. The van der Waals surface area contributed by atoms with Gasteiger partial charge >= 0.3 is 5.97 Å². The van der Waals surface area contributed by atoms with E-state index in [1.165, 1.54) is 0 Å². The fourth-order valence-corrected chi connectivity index (χ4v) is 2.45. The third-order valence-corrected chi connectivity index (χ3v) is 3.64. The summed E-state index contributed by atoms with van der Waals surface area (Å²) in [6.07, 6.45) is 7.24. The van der Waals surface area contributed by atoms with E-state index in [9.17, 15) is 9.90 Å². The molecule has 3 aromatic rings. The van der Waals surface area contributed by atoms with Crippen molar-refractivity contribution in [2.24, 2.45) is 7.05 Å². The molecule has 1 unspecified atom stereocenters. The monoisotopic (exact) mass is 269 g/mol. The number of carboxylic acid groups (broad SMARTS) is 1. The lowest BCUT2D eigenvalue weighted by molar-refractivity contribution is -0.138. The van der Waals surface area contributed by atoms with Crippen molar-refractivity contribution in [2.45, 2.75) is 12.8 Å². The van der Waals surface area contributed by atoms with Crippen LogP contribution in [0.3, 0.4) is 0 Å². The van der Waals surface area contributed by atoms with Gasteiger partial charge < -0.3 is 14.2 Å². The Morgan fingerprint density at radius 3 is 2.85 bits per heavy atom. The number of benzene rings is 1. The van der Waals surface area contributed by atoms with Gasteiger partial charge in [0.05, 0.1) is 17.8 Å². The number of fused-ring (bicyclic) bond motifs is 1. The van der Waals surface area contributed by atoms with Crippen LogP contribution in [-0.2, 0) is 11.8 Å². The molecule has 3 rings (SSSR count). The summed E-state index contributed by atoms with van der Waals surface area (Å²) in [7, 11) is 1.93. The van der Waals surface area contributed by atoms with Crippen LogP contribution in [0.25, 0.3) is 16.6 Å². The fraction of sp³-hybridized carbons (Fsp3) is 0.200. The Morgan fingerprint density at radius 1 is 1.40 bits per heavy atom. The number of aliphatic carboxylic acids is 1. The molecule has 0 fully saturated rings. The molecule has 0 aliphatic rings. The maximum Gasteiger partial charge on any atom is 0.310 e. The molecule has 5 heteroatoms. The maximum absolute atomic E-state index is 11.2. The number of aromatic nitrogens is 3. The van der Waals surface area contributed by atoms with Crippen molar-refractivity contribution in [3.8, 4) is 5.69 Å². The molecule has 0 saturated heterocycles. The highest BCUT2D eigenvalue weighted by atomic mass is 16.4. The van der Waals surface area contributed by atoms with Gasteiger partial charge in [-0.05, 0) is 24.6 Å². The van der Waals surface area contributed by atoms with Crippen molar-refractivity contribution in [1.82, 2.24) is 14.1 Å². The summed E-state index contributed by atoms with van der Waals surface area (Å²) in [4.78, 5) is 15.2. The van der Waals surface area contributed by atoms with Crippen molar-refractivity contribution in [1.29, 1.82) is 0 Å². The average molecular weight is 269 g/mol. The summed E-state index contributed by atoms with van der Waals surface area (Å²) in [6, 6.07) is 5.98. The average Bonchev–Trinajstić information content (AvgIpc) is 3.06. The molecule has 0 bridgehead atoms. The molecule has 0 aliphatic carbocycles. The van der Waals surface area contributed by atoms with Crippen LogP contribution in [0.15, 0.2) is 43.1 Å². The first kappa shape index (κ1) is 12.5. The van der Waals surface area contributed by atoms with Gasteiger partial charge in [-0.2, -0.15) is 0 Å². The number of aryl methyl sites for hydroxylation is 1. The Hall–Kier alpha value is -2.56. The summed E-state index contributed by atoms with van der Waals surface area (Å²) >= 11 is 0. The van der Waals surface area contributed by atoms with E-state index in [1.54, 1.807) is 19.4 Å². The molecule has 20 heavy (non-hydrogen) atoms. The van der Waals surface area contributed by atoms with Gasteiger partial charge in [0, 0.05) is 36.7 Å². The molecule has 0 radical (unpaired) electrons. The molecule has 5 nitrogen and oxygen atoms in total. The van der Waals surface area contributed by atoms with Crippen LogP contribution >= 0.6 is 0 Å². The van der Waals surface area contributed by atoms with E-state index in [0.717, 1.165) is 22.2 Å². The van der Waals surface area contributed by atoms with Crippen molar-refractivity contribution in [3.63, 3.8) is 0 Å². The molecule has 0 amide bonds. The largest absolute Gasteiger partial charge is 0.481 e. The topological polar surface area (TPSA) is 60.0 Å². The van der Waals surface area contributed by atoms with Crippen LogP contribution in [-0.4, -0.2) is 25.2 Å². The van der Waals surface area contributed by atoms with Gasteiger partial charge in [0.25, 0.3) is 0 Å². The Labute approximate surface area is 116 Å². The normalized spacial score (nSPS) is 12.7. The van der Waals surface area contributed by atoms with Crippen molar-refractivity contribution >= 4 is 16.9 Å². The van der Waals surface area contributed by atoms with Crippen molar-refractivity contribution < 1.29 is 9.90 Å². The smallest absolute Gasteiger partial charge is 0.310 e. The minimum absolute atomic E-state index is 0.516. The Kier molecular flexibility index (Phi) is 2.82. The third-order valence-electron chi connectivity index (χ3n) is 3.64. The fourth-order valence-electron chi connectivity index (χ4n) is 2.45. The second kappa shape index (κ2) is 4.52. The van der Waals surface area contributed by atoms with Gasteiger partial charge in [0.1, 0.15) is 0 Å². The lowest BCUT2D eigenvalue weighted by Gasteiger charge is -2.06. The molecule has 0 aliphatic heterocycles. The van der Waals surface area contributed by atoms with Crippen LogP contribution in [0.2, 0.25) is 0 Å². The Morgan fingerprint density at radius 2 is 2.20 bits per heavy atom. The maximum atomic E-state index is 11.2. The lowest BCUT2D eigenvalue weighted by Crippen LogP contribution is -2.06. The molecule has 2 aromatic heterocycles. The molecule has 0 saturated carbocycles. The van der Waals surface area contributed by atoms with Crippen LogP contribution < -0.4 is 0 Å². The summed E-state index contributed by atoms with van der Waals surface area (Å²) in [5.41, 5.74) is 2.86. The number of imidazole rings is 1. The van der Waals surface area contributed by atoms with Gasteiger partial charge in [-0.25, -0.2) is 4.98 Å². The van der Waals surface area contributed by atoms with Crippen molar-refractivity contribution in [2.75, 3.05) is 0 Å². The summed E-state index contributed by atoms with van der Waals surface area (Å²) < 4.78 is 3.89.